The van der Waals surface area contributed by atoms with Gasteiger partial charge in [0.2, 0.25) is 0 Å². The second-order valence-corrected chi connectivity index (χ2v) is 5.20. The van der Waals surface area contributed by atoms with Crippen LogP contribution in [-0.4, -0.2) is 43.8 Å². The van der Waals surface area contributed by atoms with E-state index in [-0.39, 0.29) is 0 Å². The van der Waals surface area contributed by atoms with Crippen LogP contribution in [0, 0.1) is 11.3 Å². The standard InChI is InChI=1S/C11H22N2O/c1-11(2)9(10(11)12)3-4-13-5-7-14-8-6-13/h9-10H,3-8,12H2,1-2H3/t9-,10-/m0/s1. The zero-order valence-corrected chi connectivity index (χ0v) is 9.33. The van der Waals surface area contributed by atoms with Crippen molar-refractivity contribution >= 4 is 0 Å². The summed E-state index contributed by atoms with van der Waals surface area (Å²) in [5.74, 6) is 0.741. The van der Waals surface area contributed by atoms with Crippen molar-refractivity contribution in [2.45, 2.75) is 26.3 Å². The molecule has 2 atom stereocenters. The van der Waals surface area contributed by atoms with Gasteiger partial charge in [-0.05, 0) is 24.3 Å². The fraction of sp³-hybridized carbons (Fsp3) is 1.00. The number of ether oxygens (including phenoxy) is 1. The number of morpholine rings is 1. The molecule has 0 radical (unpaired) electrons. The van der Waals surface area contributed by atoms with Gasteiger partial charge in [0.1, 0.15) is 0 Å². The van der Waals surface area contributed by atoms with Gasteiger partial charge in [-0.25, -0.2) is 0 Å². The fourth-order valence-corrected chi connectivity index (χ4v) is 2.48. The highest BCUT2D eigenvalue weighted by molar-refractivity contribution is 5.08. The summed E-state index contributed by atoms with van der Waals surface area (Å²) in [6.45, 7) is 9.76. The van der Waals surface area contributed by atoms with Crippen LogP contribution in [0.2, 0.25) is 0 Å². The Kier molecular flexibility index (Phi) is 2.82. The highest BCUT2D eigenvalue weighted by Crippen LogP contribution is 2.52. The number of nitrogens with two attached hydrogens (primary N) is 1. The Labute approximate surface area is 86.6 Å². The van der Waals surface area contributed by atoms with Gasteiger partial charge in [0.15, 0.2) is 0 Å². The third-order valence-electron chi connectivity index (χ3n) is 4.00. The molecule has 2 fully saturated rings. The van der Waals surface area contributed by atoms with E-state index in [4.69, 9.17) is 10.5 Å². The summed E-state index contributed by atoms with van der Waals surface area (Å²) in [5, 5.41) is 0. The SMILES string of the molecule is CC1(C)[C@@H](N)[C@@H]1CCN1CCOCC1. The summed E-state index contributed by atoms with van der Waals surface area (Å²) in [6.07, 6.45) is 1.26. The fourth-order valence-electron chi connectivity index (χ4n) is 2.48. The van der Waals surface area contributed by atoms with Crippen LogP contribution >= 0.6 is 0 Å². The van der Waals surface area contributed by atoms with Crippen LogP contribution < -0.4 is 5.73 Å². The van der Waals surface area contributed by atoms with Crippen molar-refractivity contribution in [3.63, 3.8) is 0 Å². The van der Waals surface area contributed by atoms with Crippen LogP contribution in [0.15, 0.2) is 0 Å². The smallest absolute Gasteiger partial charge is 0.0594 e. The van der Waals surface area contributed by atoms with Crippen LogP contribution in [-0.2, 0) is 4.74 Å². The lowest BCUT2D eigenvalue weighted by atomic mass is 10.1. The summed E-state index contributed by atoms with van der Waals surface area (Å²) in [4.78, 5) is 2.49. The molecule has 0 aromatic carbocycles. The van der Waals surface area contributed by atoms with Crippen LogP contribution in [0.25, 0.3) is 0 Å². The molecule has 1 aliphatic heterocycles. The van der Waals surface area contributed by atoms with Crippen LogP contribution in [0.1, 0.15) is 20.3 Å². The lowest BCUT2D eigenvalue weighted by Crippen LogP contribution is -2.37. The van der Waals surface area contributed by atoms with Crippen molar-refractivity contribution in [2.75, 3.05) is 32.8 Å². The van der Waals surface area contributed by atoms with Gasteiger partial charge in [-0.15, -0.1) is 0 Å². The van der Waals surface area contributed by atoms with E-state index in [0.717, 1.165) is 32.2 Å². The average Bonchev–Trinajstić information content (AvgIpc) is 2.65. The number of hydrogen-bond acceptors (Lipinski definition) is 3. The number of nitrogens with zero attached hydrogens (tertiary/aromatic N) is 1. The molecule has 2 N–H and O–H groups in total. The van der Waals surface area contributed by atoms with E-state index >= 15 is 0 Å². The van der Waals surface area contributed by atoms with Gasteiger partial charge in [-0.1, -0.05) is 13.8 Å². The molecule has 1 aliphatic carbocycles. The van der Waals surface area contributed by atoms with Gasteiger partial charge in [-0.3, -0.25) is 4.90 Å². The molecular weight excluding hydrogens is 176 g/mol. The van der Waals surface area contributed by atoms with Gasteiger partial charge in [-0.2, -0.15) is 0 Å². The summed E-state index contributed by atoms with van der Waals surface area (Å²) < 4.78 is 5.32. The Morgan fingerprint density at radius 2 is 1.93 bits per heavy atom. The van der Waals surface area contributed by atoms with E-state index in [9.17, 15) is 0 Å². The number of rotatable bonds is 3. The van der Waals surface area contributed by atoms with E-state index in [1.165, 1.54) is 13.0 Å². The topological polar surface area (TPSA) is 38.5 Å². The first-order valence-electron chi connectivity index (χ1n) is 5.68. The van der Waals surface area contributed by atoms with Crippen molar-refractivity contribution in [1.29, 1.82) is 0 Å². The van der Waals surface area contributed by atoms with Crippen LogP contribution in [0.5, 0.6) is 0 Å². The second-order valence-electron chi connectivity index (χ2n) is 5.20. The predicted molar refractivity (Wildman–Crippen MR) is 57.1 cm³/mol. The van der Waals surface area contributed by atoms with Crippen LogP contribution in [0.4, 0.5) is 0 Å². The molecule has 3 heteroatoms. The van der Waals surface area contributed by atoms with Gasteiger partial charge in [0, 0.05) is 19.1 Å². The highest BCUT2D eigenvalue weighted by Gasteiger charge is 2.54. The first-order chi connectivity index (χ1) is 6.62. The Morgan fingerprint density at radius 3 is 2.43 bits per heavy atom. The first-order valence-corrected chi connectivity index (χ1v) is 5.68. The summed E-state index contributed by atoms with van der Waals surface area (Å²) in [7, 11) is 0. The first kappa shape index (κ1) is 10.4. The third kappa shape index (κ3) is 1.95. The molecule has 0 unspecified atom stereocenters. The summed E-state index contributed by atoms with van der Waals surface area (Å²) >= 11 is 0. The molecule has 0 amide bonds. The molecule has 0 aromatic rings. The minimum absolute atomic E-state index is 0.395. The Balaban J connectivity index is 1.68. The average molecular weight is 198 g/mol. The van der Waals surface area contributed by atoms with E-state index in [1.54, 1.807) is 0 Å². The Hall–Kier alpha value is -0.120. The molecule has 82 valence electrons. The van der Waals surface area contributed by atoms with E-state index < -0.39 is 0 Å². The molecule has 1 saturated heterocycles. The molecule has 0 spiro atoms. The van der Waals surface area contributed by atoms with E-state index in [2.05, 4.69) is 18.7 Å². The van der Waals surface area contributed by atoms with Gasteiger partial charge >= 0.3 is 0 Å². The molecule has 14 heavy (non-hydrogen) atoms. The molecule has 3 nitrogen and oxygen atoms in total. The number of hydrogen-bond donors (Lipinski definition) is 1. The minimum atomic E-state index is 0.395. The molecule has 0 bridgehead atoms. The lowest BCUT2D eigenvalue weighted by molar-refractivity contribution is 0.0363. The van der Waals surface area contributed by atoms with Crippen molar-refractivity contribution in [3.8, 4) is 0 Å². The molecular formula is C11H22N2O. The summed E-state index contributed by atoms with van der Waals surface area (Å²) in [5.41, 5.74) is 6.41. The highest BCUT2D eigenvalue weighted by atomic mass is 16.5. The molecule has 0 aromatic heterocycles. The third-order valence-corrected chi connectivity index (χ3v) is 4.00. The van der Waals surface area contributed by atoms with Crippen molar-refractivity contribution in [2.24, 2.45) is 17.1 Å². The van der Waals surface area contributed by atoms with Gasteiger partial charge in [0.05, 0.1) is 13.2 Å². The maximum absolute atomic E-state index is 6.02. The normalized spacial score (nSPS) is 37.1. The van der Waals surface area contributed by atoms with Crippen molar-refractivity contribution in [1.82, 2.24) is 4.90 Å². The Morgan fingerprint density at radius 1 is 1.36 bits per heavy atom. The maximum atomic E-state index is 6.02. The zero-order chi connectivity index (χ0) is 10.2. The van der Waals surface area contributed by atoms with E-state index in [1.807, 2.05) is 0 Å². The van der Waals surface area contributed by atoms with Crippen molar-refractivity contribution in [3.05, 3.63) is 0 Å². The Bertz CT molecular complexity index is 199. The monoisotopic (exact) mass is 198 g/mol. The molecule has 2 rings (SSSR count). The minimum Gasteiger partial charge on any atom is -0.379 e. The van der Waals surface area contributed by atoms with E-state index in [0.29, 0.717) is 11.5 Å². The molecule has 1 saturated carbocycles. The second kappa shape index (κ2) is 3.80. The molecule has 1 heterocycles. The van der Waals surface area contributed by atoms with Crippen molar-refractivity contribution < 1.29 is 4.74 Å². The van der Waals surface area contributed by atoms with Crippen LogP contribution in [0.3, 0.4) is 0 Å². The molecule has 2 aliphatic rings. The lowest BCUT2D eigenvalue weighted by Gasteiger charge is -2.26. The van der Waals surface area contributed by atoms with Gasteiger partial charge in [0.25, 0.3) is 0 Å². The van der Waals surface area contributed by atoms with Gasteiger partial charge < -0.3 is 10.5 Å². The summed E-state index contributed by atoms with van der Waals surface area (Å²) in [6, 6.07) is 0.434. The predicted octanol–water partition coefficient (Wildman–Crippen LogP) is 0.692. The maximum Gasteiger partial charge on any atom is 0.0594 e. The largest absolute Gasteiger partial charge is 0.379 e. The zero-order valence-electron chi connectivity index (χ0n) is 9.33. The quantitative estimate of drug-likeness (QED) is 0.725.